The average Bonchev–Trinajstić information content (AvgIpc) is 2.70. The van der Waals surface area contributed by atoms with Crippen molar-refractivity contribution in [2.75, 3.05) is 6.54 Å². The molecule has 0 aliphatic carbocycles. The number of carbonyl (C=O) groups excluding carboxylic acids is 2. The number of halogens is 3. The van der Waals surface area contributed by atoms with Crippen LogP contribution in [-0.2, 0) is 16.0 Å². The Morgan fingerprint density at radius 1 is 1.29 bits per heavy atom. The maximum Gasteiger partial charge on any atom is 0.573 e. The molecule has 1 aromatic carbocycles. The molecule has 2 N–H and O–H groups in total. The number of rotatable bonds is 5. The first-order valence-corrected chi connectivity index (χ1v) is 7.76. The van der Waals surface area contributed by atoms with Crippen LogP contribution in [-0.4, -0.2) is 30.8 Å². The fraction of sp³-hybridized carbons (Fsp3) is 0.500. The van der Waals surface area contributed by atoms with E-state index in [4.69, 9.17) is 0 Å². The molecule has 1 heterocycles. The van der Waals surface area contributed by atoms with Crippen molar-refractivity contribution in [1.29, 1.82) is 0 Å². The van der Waals surface area contributed by atoms with Gasteiger partial charge in [0, 0.05) is 13.0 Å². The number of alkyl halides is 3. The van der Waals surface area contributed by atoms with E-state index in [2.05, 4.69) is 15.4 Å². The van der Waals surface area contributed by atoms with Crippen LogP contribution in [0.1, 0.15) is 31.2 Å². The fourth-order valence-corrected chi connectivity index (χ4v) is 2.53. The Kier molecular flexibility index (Phi) is 6.05. The van der Waals surface area contributed by atoms with Crippen LogP contribution in [0.3, 0.4) is 0 Å². The molecule has 1 aliphatic rings. The van der Waals surface area contributed by atoms with Crippen LogP contribution in [0.5, 0.6) is 5.75 Å². The minimum absolute atomic E-state index is 0.0258. The SMILES string of the molecule is O=C(CCc1ccccc1OC(F)(F)F)N[C@@H]1CCCCNC1=O. The summed E-state index contributed by atoms with van der Waals surface area (Å²) in [6, 6.07) is 5.11. The van der Waals surface area contributed by atoms with Crippen molar-refractivity contribution in [3.8, 4) is 5.75 Å². The Morgan fingerprint density at radius 3 is 2.79 bits per heavy atom. The summed E-state index contributed by atoms with van der Waals surface area (Å²) in [5, 5.41) is 5.34. The van der Waals surface area contributed by atoms with Gasteiger partial charge in [-0.1, -0.05) is 18.2 Å². The zero-order valence-electron chi connectivity index (χ0n) is 13.0. The molecular weight excluding hydrogens is 325 g/mol. The lowest BCUT2D eigenvalue weighted by Gasteiger charge is -2.16. The summed E-state index contributed by atoms with van der Waals surface area (Å²) in [5.41, 5.74) is 0.287. The van der Waals surface area contributed by atoms with Gasteiger partial charge in [-0.25, -0.2) is 0 Å². The number of carbonyl (C=O) groups is 2. The van der Waals surface area contributed by atoms with Gasteiger partial charge in [0.2, 0.25) is 11.8 Å². The molecule has 0 spiro atoms. The fourth-order valence-electron chi connectivity index (χ4n) is 2.53. The predicted octanol–water partition coefficient (Wildman–Crippen LogP) is 2.30. The lowest BCUT2D eigenvalue weighted by molar-refractivity contribution is -0.274. The molecule has 0 radical (unpaired) electrons. The van der Waals surface area contributed by atoms with E-state index in [1.807, 2.05) is 0 Å². The number of amides is 2. The summed E-state index contributed by atoms with van der Waals surface area (Å²) >= 11 is 0. The highest BCUT2D eigenvalue weighted by Gasteiger charge is 2.32. The summed E-state index contributed by atoms with van der Waals surface area (Å²) in [6.07, 6.45) is -2.47. The second-order valence-electron chi connectivity index (χ2n) is 5.56. The zero-order chi connectivity index (χ0) is 17.6. The molecular formula is C16H19F3N2O3. The monoisotopic (exact) mass is 344 g/mol. The molecule has 0 bridgehead atoms. The molecule has 5 nitrogen and oxygen atoms in total. The smallest absolute Gasteiger partial charge is 0.406 e. The van der Waals surface area contributed by atoms with Crippen molar-refractivity contribution in [2.45, 2.75) is 44.5 Å². The van der Waals surface area contributed by atoms with Crippen LogP contribution >= 0.6 is 0 Å². The predicted molar refractivity (Wildman–Crippen MR) is 80.2 cm³/mol. The third-order valence-corrected chi connectivity index (χ3v) is 3.69. The van der Waals surface area contributed by atoms with E-state index < -0.39 is 12.4 Å². The molecule has 24 heavy (non-hydrogen) atoms. The lowest BCUT2D eigenvalue weighted by atomic mass is 10.1. The first-order valence-electron chi connectivity index (χ1n) is 7.76. The van der Waals surface area contributed by atoms with Crippen LogP contribution in [0.2, 0.25) is 0 Å². The first kappa shape index (κ1) is 18.1. The van der Waals surface area contributed by atoms with E-state index in [0.29, 0.717) is 13.0 Å². The minimum atomic E-state index is -4.78. The highest BCUT2D eigenvalue weighted by molar-refractivity contribution is 5.87. The highest BCUT2D eigenvalue weighted by Crippen LogP contribution is 2.27. The summed E-state index contributed by atoms with van der Waals surface area (Å²) in [5.74, 6) is -0.912. The van der Waals surface area contributed by atoms with E-state index in [1.165, 1.54) is 18.2 Å². The third kappa shape index (κ3) is 5.75. The van der Waals surface area contributed by atoms with Gasteiger partial charge in [-0.05, 0) is 37.3 Å². The second kappa shape index (κ2) is 8.03. The summed E-state index contributed by atoms with van der Waals surface area (Å²) < 4.78 is 41.0. The van der Waals surface area contributed by atoms with Gasteiger partial charge >= 0.3 is 6.36 Å². The molecule has 1 aromatic rings. The van der Waals surface area contributed by atoms with Crippen LogP contribution in [0.15, 0.2) is 24.3 Å². The number of para-hydroxylation sites is 1. The average molecular weight is 344 g/mol. The molecule has 1 fully saturated rings. The van der Waals surface area contributed by atoms with Gasteiger partial charge in [0.25, 0.3) is 0 Å². The van der Waals surface area contributed by atoms with Crippen molar-refractivity contribution in [3.05, 3.63) is 29.8 Å². The Labute approximate surface area is 137 Å². The first-order chi connectivity index (χ1) is 11.3. The van der Waals surface area contributed by atoms with E-state index in [9.17, 15) is 22.8 Å². The maximum absolute atomic E-state index is 12.4. The largest absolute Gasteiger partial charge is 0.573 e. The molecule has 0 unspecified atom stereocenters. The number of ether oxygens (including phenoxy) is 1. The Hall–Kier alpha value is -2.25. The molecule has 2 rings (SSSR count). The molecule has 2 amide bonds. The van der Waals surface area contributed by atoms with Gasteiger partial charge in [0.15, 0.2) is 0 Å². The van der Waals surface area contributed by atoms with Crippen LogP contribution in [0, 0.1) is 0 Å². The minimum Gasteiger partial charge on any atom is -0.406 e. The number of hydrogen-bond donors (Lipinski definition) is 2. The molecule has 1 aliphatic heterocycles. The van der Waals surface area contributed by atoms with Gasteiger partial charge in [0.05, 0.1) is 0 Å². The van der Waals surface area contributed by atoms with E-state index >= 15 is 0 Å². The van der Waals surface area contributed by atoms with Crippen LogP contribution in [0.4, 0.5) is 13.2 Å². The van der Waals surface area contributed by atoms with E-state index in [1.54, 1.807) is 6.07 Å². The van der Waals surface area contributed by atoms with Gasteiger partial charge in [-0.15, -0.1) is 13.2 Å². The van der Waals surface area contributed by atoms with Gasteiger partial charge in [-0.2, -0.15) is 0 Å². The van der Waals surface area contributed by atoms with E-state index in [0.717, 1.165) is 12.8 Å². The lowest BCUT2D eigenvalue weighted by Crippen LogP contribution is -2.45. The highest BCUT2D eigenvalue weighted by atomic mass is 19.4. The topological polar surface area (TPSA) is 67.4 Å². The molecule has 8 heteroatoms. The van der Waals surface area contributed by atoms with Crippen molar-refractivity contribution >= 4 is 11.8 Å². The standard InChI is InChI=1S/C16H19F3N2O3/c17-16(18,19)24-13-7-2-1-5-11(13)8-9-14(22)21-12-6-3-4-10-20-15(12)23/h1-2,5,7,12H,3-4,6,8-10H2,(H,20,23)(H,21,22)/t12-/m1/s1. The van der Waals surface area contributed by atoms with E-state index in [-0.39, 0.29) is 36.0 Å². The Balaban J connectivity index is 1.91. The third-order valence-electron chi connectivity index (χ3n) is 3.69. The zero-order valence-corrected chi connectivity index (χ0v) is 13.0. The van der Waals surface area contributed by atoms with Crippen molar-refractivity contribution in [3.63, 3.8) is 0 Å². The van der Waals surface area contributed by atoms with Crippen LogP contribution in [0.25, 0.3) is 0 Å². The summed E-state index contributed by atoms with van der Waals surface area (Å²) in [6.45, 7) is 0.591. The van der Waals surface area contributed by atoms with Gasteiger partial charge in [-0.3, -0.25) is 9.59 Å². The Bertz CT molecular complexity index is 590. The van der Waals surface area contributed by atoms with Crippen LogP contribution < -0.4 is 15.4 Å². The summed E-state index contributed by atoms with van der Waals surface area (Å²) in [7, 11) is 0. The molecule has 1 saturated heterocycles. The number of hydrogen-bond acceptors (Lipinski definition) is 3. The molecule has 0 aromatic heterocycles. The number of nitrogens with one attached hydrogen (secondary N) is 2. The molecule has 1 atom stereocenters. The molecule has 132 valence electrons. The number of aryl methyl sites for hydroxylation is 1. The quantitative estimate of drug-likeness (QED) is 0.861. The van der Waals surface area contributed by atoms with Crippen molar-refractivity contribution in [2.24, 2.45) is 0 Å². The van der Waals surface area contributed by atoms with Crippen molar-refractivity contribution < 1.29 is 27.5 Å². The second-order valence-corrected chi connectivity index (χ2v) is 5.56. The number of benzene rings is 1. The van der Waals surface area contributed by atoms with Crippen molar-refractivity contribution in [1.82, 2.24) is 10.6 Å². The normalized spacial score (nSPS) is 18.5. The van der Waals surface area contributed by atoms with Gasteiger partial charge in [0.1, 0.15) is 11.8 Å². The summed E-state index contributed by atoms with van der Waals surface area (Å²) in [4.78, 5) is 23.7. The Morgan fingerprint density at radius 2 is 2.04 bits per heavy atom. The molecule has 0 saturated carbocycles. The maximum atomic E-state index is 12.4. The van der Waals surface area contributed by atoms with Gasteiger partial charge < -0.3 is 15.4 Å².